The molecule has 1 aliphatic rings. The third-order valence-corrected chi connectivity index (χ3v) is 1.46. The summed E-state index contributed by atoms with van der Waals surface area (Å²) >= 11 is 0. The van der Waals surface area contributed by atoms with Crippen LogP contribution in [-0.2, 0) is 4.79 Å². The van der Waals surface area contributed by atoms with E-state index in [1.54, 1.807) is 0 Å². The standard InChI is InChI=1S/C5H8O3/c6-4-1-3(2-4)5(7)8/h3-4,6H,1-2H2,(H,7,8)/t3-,4+. The quantitative estimate of drug-likeness (QED) is 0.500. The molecule has 0 aromatic heterocycles. The molecule has 0 aromatic carbocycles. The Labute approximate surface area is 46.9 Å². The normalized spacial score (nSPS) is 36.1. The molecule has 3 nitrogen and oxygen atoms in total. The average Bonchev–Trinajstić information content (AvgIpc) is 1.57. The first kappa shape index (κ1) is 5.56. The highest BCUT2D eigenvalue weighted by Crippen LogP contribution is 2.26. The van der Waals surface area contributed by atoms with Crippen LogP contribution in [0, 0.1) is 5.92 Å². The number of carboxylic acid groups (broad SMARTS) is 1. The van der Waals surface area contributed by atoms with E-state index in [1.165, 1.54) is 0 Å². The second kappa shape index (κ2) is 1.74. The van der Waals surface area contributed by atoms with Gasteiger partial charge in [-0.15, -0.1) is 0 Å². The van der Waals surface area contributed by atoms with Gasteiger partial charge >= 0.3 is 5.97 Å². The van der Waals surface area contributed by atoms with Crippen LogP contribution in [0.1, 0.15) is 12.8 Å². The number of carbonyl (C=O) groups is 1. The van der Waals surface area contributed by atoms with Gasteiger partial charge in [-0.3, -0.25) is 4.79 Å². The van der Waals surface area contributed by atoms with Crippen LogP contribution in [0.3, 0.4) is 0 Å². The van der Waals surface area contributed by atoms with Crippen LogP contribution in [0.4, 0.5) is 0 Å². The van der Waals surface area contributed by atoms with Gasteiger partial charge in [0, 0.05) is 0 Å². The van der Waals surface area contributed by atoms with Gasteiger partial charge in [-0.25, -0.2) is 0 Å². The van der Waals surface area contributed by atoms with Crippen molar-refractivity contribution in [1.29, 1.82) is 0 Å². The van der Waals surface area contributed by atoms with E-state index >= 15 is 0 Å². The Hall–Kier alpha value is -0.570. The lowest BCUT2D eigenvalue weighted by Gasteiger charge is -2.27. The topological polar surface area (TPSA) is 57.5 Å². The highest BCUT2D eigenvalue weighted by atomic mass is 16.4. The van der Waals surface area contributed by atoms with Crippen molar-refractivity contribution in [3.05, 3.63) is 0 Å². The van der Waals surface area contributed by atoms with Crippen molar-refractivity contribution in [2.45, 2.75) is 18.9 Å². The van der Waals surface area contributed by atoms with Gasteiger partial charge in [-0.1, -0.05) is 0 Å². The second-order valence-electron chi connectivity index (χ2n) is 2.16. The highest BCUT2D eigenvalue weighted by Gasteiger charge is 2.32. The van der Waals surface area contributed by atoms with Gasteiger partial charge in [-0.05, 0) is 12.8 Å². The third-order valence-electron chi connectivity index (χ3n) is 1.46. The van der Waals surface area contributed by atoms with Crippen molar-refractivity contribution in [3.8, 4) is 0 Å². The maximum absolute atomic E-state index is 10.0. The van der Waals surface area contributed by atoms with Gasteiger partial charge in [0.15, 0.2) is 0 Å². The molecule has 0 radical (unpaired) electrons. The first-order valence-corrected chi connectivity index (χ1v) is 2.61. The molecule has 0 amide bonds. The zero-order valence-electron chi connectivity index (χ0n) is 4.37. The third kappa shape index (κ3) is 0.816. The predicted molar refractivity (Wildman–Crippen MR) is 26.4 cm³/mol. The number of aliphatic hydroxyl groups excluding tert-OH is 1. The van der Waals surface area contributed by atoms with Gasteiger partial charge < -0.3 is 10.2 Å². The number of hydrogen-bond donors (Lipinski definition) is 2. The minimum atomic E-state index is -0.782. The van der Waals surface area contributed by atoms with Crippen molar-refractivity contribution < 1.29 is 15.0 Å². The van der Waals surface area contributed by atoms with Crippen LogP contribution in [0.2, 0.25) is 0 Å². The highest BCUT2D eigenvalue weighted by molar-refractivity contribution is 5.71. The van der Waals surface area contributed by atoms with Gasteiger partial charge in [-0.2, -0.15) is 0 Å². The average molecular weight is 116 g/mol. The van der Waals surface area contributed by atoms with Crippen LogP contribution < -0.4 is 0 Å². The molecule has 0 bridgehead atoms. The van der Waals surface area contributed by atoms with E-state index in [1.807, 2.05) is 0 Å². The lowest BCUT2D eigenvalue weighted by Crippen LogP contribution is -2.33. The molecule has 0 aromatic rings. The van der Waals surface area contributed by atoms with E-state index in [0.29, 0.717) is 12.8 Å². The Morgan fingerprint density at radius 3 is 2.12 bits per heavy atom. The van der Waals surface area contributed by atoms with Crippen molar-refractivity contribution in [2.24, 2.45) is 5.92 Å². The van der Waals surface area contributed by atoms with E-state index < -0.39 is 5.97 Å². The fourth-order valence-electron chi connectivity index (χ4n) is 0.789. The molecule has 1 aliphatic carbocycles. The van der Waals surface area contributed by atoms with Crippen molar-refractivity contribution >= 4 is 5.97 Å². The molecule has 1 rings (SSSR count). The maximum Gasteiger partial charge on any atom is 0.306 e. The summed E-state index contributed by atoms with van der Waals surface area (Å²) in [7, 11) is 0. The summed E-state index contributed by atoms with van der Waals surface area (Å²) in [5, 5.41) is 16.8. The number of aliphatic carboxylic acids is 1. The van der Waals surface area contributed by atoms with Crippen LogP contribution in [0.5, 0.6) is 0 Å². The van der Waals surface area contributed by atoms with Crippen molar-refractivity contribution in [2.75, 3.05) is 0 Å². The fraction of sp³-hybridized carbons (Fsp3) is 0.800. The minimum absolute atomic E-state index is 0.273. The number of rotatable bonds is 1. The monoisotopic (exact) mass is 116 g/mol. The maximum atomic E-state index is 10.0. The van der Waals surface area contributed by atoms with Crippen LogP contribution >= 0.6 is 0 Å². The first-order chi connectivity index (χ1) is 3.70. The summed E-state index contributed by atoms with van der Waals surface area (Å²) in [5.41, 5.74) is 0. The largest absolute Gasteiger partial charge is 0.481 e. The fourth-order valence-corrected chi connectivity index (χ4v) is 0.789. The Balaban J connectivity index is 2.25. The number of aliphatic hydroxyl groups is 1. The van der Waals surface area contributed by atoms with E-state index in [9.17, 15) is 4.79 Å². The first-order valence-electron chi connectivity index (χ1n) is 2.61. The molecule has 0 spiro atoms. The lowest BCUT2D eigenvalue weighted by molar-refractivity contribution is -0.148. The predicted octanol–water partition coefficient (Wildman–Crippen LogP) is -0.158. The SMILES string of the molecule is O=C(O)[C@H]1C[C@@H](O)C1. The Morgan fingerprint density at radius 1 is 1.50 bits per heavy atom. The lowest BCUT2D eigenvalue weighted by atomic mass is 9.83. The molecule has 3 heteroatoms. The van der Waals surface area contributed by atoms with Gasteiger partial charge in [0.2, 0.25) is 0 Å². The zero-order valence-corrected chi connectivity index (χ0v) is 4.37. The van der Waals surface area contributed by atoms with Crippen LogP contribution in [0.15, 0.2) is 0 Å². The molecule has 8 heavy (non-hydrogen) atoms. The van der Waals surface area contributed by atoms with E-state index in [4.69, 9.17) is 10.2 Å². The smallest absolute Gasteiger partial charge is 0.306 e. The summed E-state index contributed by atoms with van der Waals surface area (Å²) in [5.74, 6) is -1.06. The van der Waals surface area contributed by atoms with Gasteiger partial charge in [0.05, 0.1) is 12.0 Å². The zero-order chi connectivity index (χ0) is 6.15. The molecule has 1 fully saturated rings. The molecule has 1 saturated carbocycles. The summed E-state index contributed by atoms with van der Waals surface area (Å²) in [6.45, 7) is 0. The molecule has 0 aliphatic heterocycles. The summed E-state index contributed by atoms with van der Waals surface area (Å²) in [6.07, 6.45) is 0.529. The van der Waals surface area contributed by atoms with Crippen molar-refractivity contribution in [1.82, 2.24) is 0 Å². The van der Waals surface area contributed by atoms with Gasteiger partial charge in [0.1, 0.15) is 0 Å². The summed E-state index contributed by atoms with van der Waals surface area (Å²) in [4.78, 5) is 10.0. The van der Waals surface area contributed by atoms with Gasteiger partial charge in [0.25, 0.3) is 0 Å². The number of carboxylic acids is 1. The Bertz CT molecular complexity index is 104. The molecule has 0 unspecified atom stereocenters. The molecule has 0 atom stereocenters. The van der Waals surface area contributed by atoms with Crippen molar-refractivity contribution in [3.63, 3.8) is 0 Å². The summed E-state index contributed by atoms with van der Waals surface area (Å²) < 4.78 is 0. The molecule has 0 saturated heterocycles. The minimum Gasteiger partial charge on any atom is -0.481 e. The Kier molecular flexibility index (Phi) is 1.21. The van der Waals surface area contributed by atoms with E-state index in [2.05, 4.69) is 0 Å². The Morgan fingerprint density at radius 2 is 2.00 bits per heavy atom. The molecule has 2 N–H and O–H groups in total. The molecular weight excluding hydrogens is 108 g/mol. The summed E-state index contributed by atoms with van der Waals surface area (Å²) in [6, 6.07) is 0. The van der Waals surface area contributed by atoms with Crippen LogP contribution in [-0.4, -0.2) is 22.3 Å². The number of hydrogen-bond acceptors (Lipinski definition) is 2. The van der Waals surface area contributed by atoms with Crippen LogP contribution in [0.25, 0.3) is 0 Å². The molecular formula is C5H8O3. The second-order valence-corrected chi connectivity index (χ2v) is 2.16. The molecule has 0 heterocycles. The van der Waals surface area contributed by atoms with E-state index in [-0.39, 0.29) is 12.0 Å². The van der Waals surface area contributed by atoms with E-state index in [0.717, 1.165) is 0 Å². The molecule has 46 valence electrons.